The van der Waals surface area contributed by atoms with Crippen LogP contribution < -0.4 is 5.32 Å². The molecular formula is C16H11F3N6O. The van der Waals surface area contributed by atoms with E-state index in [-0.39, 0.29) is 18.0 Å². The van der Waals surface area contributed by atoms with E-state index in [9.17, 15) is 18.0 Å². The Balaban J connectivity index is 1.60. The molecule has 0 aliphatic heterocycles. The molecule has 0 radical (unpaired) electrons. The van der Waals surface area contributed by atoms with Crippen LogP contribution >= 0.6 is 0 Å². The highest BCUT2D eigenvalue weighted by molar-refractivity contribution is 6.05. The summed E-state index contributed by atoms with van der Waals surface area (Å²) in [5, 5.41) is 17.7. The molecule has 0 atom stereocenters. The summed E-state index contributed by atoms with van der Waals surface area (Å²) < 4.78 is 39.8. The molecule has 0 spiro atoms. The Morgan fingerprint density at radius 2 is 2.04 bits per heavy atom. The van der Waals surface area contributed by atoms with Gasteiger partial charge in [-0.3, -0.25) is 14.3 Å². The van der Waals surface area contributed by atoms with Crippen molar-refractivity contribution in [3.8, 4) is 0 Å². The fourth-order valence-corrected chi connectivity index (χ4v) is 2.64. The number of amides is 1. The molecule has 4 aromatic rings. The fourth-order valence-electron chi connectivity index (χ4n) is 2.64. The Morgan fingerprint density at radius 1 is 1.19 bits per heavy atom. The first-order valence-corrected chi connectivity index (χ1v) is 7.54. The third-order valence-electron chi connectivity index (χ3n) is 3.93. The molecule has 3 heterocycles. The van der Waals surface area contributed by atoms with Gasteiger partial charge in [-0.1, -0.05) is 12.1 Å². The molecule has 0 aliphatic carbocycles. The number of halogens is 3. The zero-order chi connectivity index (χ0) is 18.3. The van der Waals surface area contributed by atoms with Crippen LogP contribution in [0.25, 0.3) is 16.6 Å². The molecule has 0 aliphatic rings. The van der Waals surface area contributed by atoms with Crippen LogP contribution in [-0.4, -0.2) is 30.7 Å². The maximum atomic E-state index is 12.9. The lowest BCUT2D eigenvalue weighted by Gasteiger charge is -2.08. The second-order valence-electron chi connectivity index (χ2n) is 5.58. The van der Waals surface area contributed by atoms with Gasteiger partial charge >= 0.3 is 6.18 Å². The van der Waals surface area contributed by atoms with Crippen molar-refractivity contribution in [2.75, 3.05) is 0 Å². The van der Waals surface area contributed by atoms with Crippen molar-refractivity contribution in [1.29, 1.82) is 0 Å². The van der Waals surface area contributed by atoms with Crippen molar-refractivity contribution < 1.29 is 18.0 Å². The Morgan fingerprint density at radius 3 is 2.85 bits per heavy atom. The third kappa shape index (κ3) is 2.75. The van der Waals surface area contributed by atoms with E-state index in [1.165, 1.54) is 10.5 Å². The summed E-state index contributed by atoms with van der Waals surface area (Å²) in [5.74, 6) is -0.209. The second kappa shape index (κ2) is 5.83. The van der Waals surface area contributed by atoms with Gasteiger partial charge in [0.25, 0.3) is 5.91 Å². The van der Waals surface area contributed by atoms with Crippen LogP contribution in [0.2, 0.25) is 0 Å². The van der Waals surface area contributed by atoms with Crippen LogP contribution in [0.1, 0.15) is 21.7 Å². The van der Waals surface area contributed by atoms with Crippen molar-refractivity contribution in [2.45, 2.75) is 12.7 Å². The smallest absolute Gasteiger partial charge is 0.345 e. The van der Waals surface area contributed by atoms with Gasteiger partial charge in [0.2, 0.25) is 0 Å². The van der Waals surface area contributed by atoms with Gasteiger partial charge in [0, 0.05) is 11.6 Å². The topological polar surface area (TPSA) is 88.0 Å². The Bertz CT molecular complexity index is 1110. The van der Waals surface area contributed by atoms with Crippen molar-refractivity contribution in [1.82, 2.24) is 30.1 Å². The van der Waals surface area contributed by atoms with E-state index in [0.717, 1.165) is 17.6 Å². The number of nitrogens with one attached hydrogen (secondary N) is 2. The molecule has 0 fully saturated rings. The molecule has 0 saturated carbocycles. The van der Waals surface area contributed by atoms with E-state index in [0.29, 0.717) is 11.1 Å². The van der Waals surface area contributed by atoms with Crippen molar-refractivity contribution in [3.63, 3.8) is 0 Å². The highest BCUT2D eigenvalue weighted by atomic mass is 19.4. The van der Waals surface area contributed by atoms with E-state index in [2.05, 4.69) is 25.7 Å². The van der Waals surface area contributed by atoms with Crippen molar-refractivity contribution in [3.05, 3.63) is 59.7 Å². The number of H-pyrrole nitrogens is 1. The number of fused-ring (bicyclic) bond motifs is 2. The Labute approximate surface area is 143 Å². The summed E-state index contributed by atoms with van der Waals surface area (Å²) in [7, 11) is 0. The normalized spacial score (nSPS) is 12.0. The molecule has 10 heteroatoms. The number of benzene rings is 1. The van der Waals surface area contributed by atoms with Crippen molar-refractivity contribution in [2.24, 2.45) is 0 Å². The number of hydrogen-bond donors (Lipinski definition) is 2. The number of aromatic nitrogens is 5. The summed E-state index contributed by atoms with van der Waals surface area (Å²) >= 11 is 0. The van der Waals surface area contributed by atoms with Gasteiger partial charge in [-0.2, -0.15) is 18.3 Å². The van der Waals surface area contributed by atoms with Crippen LogP contribution in [0.3, 0.4) is 0 Å². The first kappa shape index (κ1) is 16.1. The largest absolute Gasteiger partial charge is 0.417 e. The average molecular weight is 360 g/mol. The summed E-state index contributed by atoms with van der Waals surface area (Å²) in [6.45, 7) is -0.0775. The van der Waals surface area contributed by atoms with Crippen LogP contribution in [-0.2, 0) is 12.7 Å². The summed E-state index contributed by atoms with van der Waals surface area (Å²) in [5.41, 5.74) is 0.401. The van der Waals surface area contributed by atoms with Gasteiger partial charge in [0.15, 0.2) is 11.5 Å². The molecule has 4 rings (SSSR count). The molecule has 0 saturated heterocycles. The number of pyridine rings is 1. The molecule has 1 aromatic carbocycles. The summed E-state index contributed by atoms with van der Waals surface area (Å²) in [4.78, 5) is 12.4. The van der Waals surface area contributed by atoms with E-state index < -0.39 is 17.6 Å². The summed E-state index contributed by atoms with van der Waals surface area (Å²) in [6, 6.07) is 7.31. The first-order chi connectivity index (χ1) is 12.4. The minimum Gasteiger partial charge on any atom is -0.345 e. The zero-order valence-corrected chi connectivity index (χ0v) is 13.1. The lowest BCUT2D eigenvalue weighted by Crippen LogP contribution is -2.24. The predicted octanol–water partition coefficient (Wildman–Crippen LogP) is 2.55. The quantitative estimate of drug-likeness (QED) is 0.588. The number of para-hydroxylation sites is 1. The maximum Gasteiger partial charge on any atom is 0.417 e. The number of rotatable bonds is 3. The van der Waals surface area contributed by atoms with Crippen LogP contribution in [0, 0.1) is 0 Å². The highest BCUT2D eigenvalue weighted by Gasteiger charge is 2.31. The van der Waals surface area contributed by atoms with Gasteiger partial charge in [0.05, 0.1) is 29.4 Å². The second-order valence-corrected chi connectivity index (χ2v) is 5.58. The number of carbonyl (C=O) groups excluding carboxylic acids is 1. The van der Waals surface area contributed by atoms with Crippen LogP contribution in [0.4, 0.5) is 13.2 Å². The van der Waals surface area contributed by atoms with E-state index in [1.54, 1.807) is 24.4 Å². The van der Waals surface area contributed by atoms with Gasteiger partial charge in [-0.25, -0.2) is 0 Å². The average Bonchev–Trinajstić information content (AvgIpc) is 3.24. The van der Waals surface area contributed by atoms with E-state index in [4.69, 9.17) is 0 Å². The van der Waals surface area contributed by atoms with Crippen molar-refractivity contribution >= 4 is 22.5 Å². The SMILES string of the molecule is O=C(NCc1nnc2ccc(C(F)(F)F)cn12)c1cccc2cn[nH]c12. The Hall–Kier alpha value is -3.43. The molecule has 0 bridgehead atoms. The molecular weight excluding hydrogens is 349 g/mol. The number of nitrogens with zero attached hydrogens (tertiary/aromatic N) is 4. The molecule has 0 unspecified atom stereocenters. The molecule has 3 aromatic heterocycles. The fraction of sp³-hybridized carbons (Fsp3) is 0.125. The number of hydrogen-bond acceptors (Lipinski definition) is 4. The first-order valence-electron chi connectivity index (χ1n) is 7.54. The lowest BCUT2D eigenvalue weighted by molar-refractivity contribution is -0.137. The standard InChI is InChI=1S/C16H11F3N6O/c17-16(18,19)10-4-5-12-22-23-13(25(12)8-10)7-20-15(26)11-3-1-2-9-6-21-24-14(9)11/h1-6,8H,7H2,(H,20,26)(H,21,24). The van der Waals surface area contributed by atoms with Crippen LogP contribution in [0.5, 0.6) is 0 Å². The molecule has 7 nitrogen and oxygen atoms in total. The minimum absolute atomic E-state index is 0.0775. The van der Waals surface area contributed by atoms with Gasteiger partial charge in [-0.05, 0) is 18.2 Å². The highest BCUT2D eigenvalue weighted by Crippen LogP contribution is 2.29. The third-order valence-corrected chi connectivity index (χ3v) is 3.93. The monoisotopic (exact) mass is 360 g/mol. The van der Waals surface area contributed by atoms with E-state index in [1.807, 2.05) is 0 Å². The predicted molar refractivity (Wildman–Crippen MR) is 85.3 cm³/mol. The number of alkyl halides is 3. The zero-order valence-electron chi connectivity index (χ0n) is 13.1. The number of aromatic amines is 1. The summed E-state index contributed by atoms with van der Waals surface area (Å²) in [6.07, 6.45) is -1.97. The molecule has 26 heavy (non-hydrogen) atoms. The lowest BCUT2D eigenvalue weighted by atomic mass is 10.1. The van der Waals surface area contributed by atoms with Crippen LogP contribution in [0.15, 0.2) is 42.7 Å². The Kier molecular flexibility index (Phi) is 3.60. The van der Waals surface area contributed by atoms with E-state index >= 15 is 0 Å². The molecule has 1 amide bonds. The van der Waals surface area contributed by atoms with Gasteiger partial charge < -0.3 is 5.32 Å². The molecule has 2 N–H and O–H groups in total. The number of carbonyl (C=O) groups is 1. The van der Waals surface area contributed by atoms with Gasteiger partial charge in [0.1, 0.15) is 0 Å². The maximum absolute atomic E-state index is 12.9. The molecule has 132 valence electrons. The van der Waals surface area contributed by atoms with Gasteiger partial charge in [-0.15, -0.1) is 10.2 Å². The minimum atomic E-state index is -4.48.